The zero-order valence-corrected chi connectivity index (χ0v) is 16.6. The predicted molar refractivity (Wildman–Crippen MR) is 109 cm³/mol. The SMILES string of the molecule is O=C(CN1C(=O)C2CC=CCC2C1=O)Nc1c(-c2ccc(F)cc2)nc2sccn12. The molecule has 5 rings (SSSR count). The molecule has 152 valence electrons. The number of carbonyl (C=O) groups excluding carboxylic acids is 3. The molecule has 2 atom stereocenters. The summed E-state index contributed by atoms with van der Waals surface area (Å²) in [6.07, 6.45) is 6.64. The summed E-state index contributed by atoms with van der Waals surface area (Å²) in [4.78, 5) is 44.3. The van der Waals surface area contributed by atoms with Crippen molar-refractivity contribution in [1.82, 2.24) is 14.3 Å². The lowest BCUT2D eigenvalue weighted by Crippen LogP contribution is -2.38. The van der Waals surface area contributed by atoms with Crippen molar-refractivity contribution in [2.75, 3.05) is 11.9 Å². The number of imide groups is 1. The molecule has 0 saturated carbocycles. The molecule has 30 heavy (non-hydrogen) atoms. The van der Waals surface area contributed by atoms with E-state index in [0.717, 1.165) is 4.90 Å². The van der Waals surface area contributed by atoms with E-state index in [2.05, 4.69) is 10.3 Å². The van der Waals surface area contributed by atoms with Crippen LogP contribution in [-0.2, 0) is 14.4 Å². The van der Waals surface area contributed by atoms with Gasteiger partial charge in [0.1, 0.15) is 23.9 Å². The van der Waals surface area contributed by atoms with E-state index in [1.165, 1.54) is 23.5 Å². The average molecular weight is 424 g/mol. The Morgan fingerprint density at radius 1 is 1.13 bits per heavy atom. The van der Waals surface area contributed by atoms with Gasteiger partial charge in [0.25, 0.3) is 0 Å². The molecule has 0 bridgehead atoms. The van der Waals surface area contributed by atoms with Crippen molar-refractivity contribution in [2.45, 2.75) is 12.8 Å². The van der Waals surface area contributed by atoms with E-state index in [1.807, 2.05) is 17.5 Å². The smallest absolute Gasteiger partial charge is 0.245 e. The van der Waals surface area contributed by atoms with Gasteiger partial charge in [-0.05, 0) is 37.1 Å². The molecule has 2 aromatic heterocycles. The van der Waals surface area contributed by atoms with Gasteiger partial charge in [0.2, 0.25) is 17.7 Å². The van der Waals surface area contributed by atoms with Crippen molar-refractivity contribution in [3.05, 3.63) is 53.8 Å². The molecule has 9 heteroatoms. The lowest BCUT2D eigenvalue weighted by Gasteiger charge is -2.14. The number of likely N-dealkylation sites (tertiary alicyclic amines) is 1. The van der Waals surface area contributed by atoms with Crippen LogP contribution in [0.3, 0.4) is 0 Å². The molecular weight excluding hydrogens is 407 g/mol. The summed E-state index contributed by atoms with van der Waals surface area (Å²) in [5.74, 6) is -1.77. The second-order valence-electron chi connectivity index (χ2n) is 7.34. The first kappa shape index (κ1) is 18.7. The number of carbonyl (C=O) groups is 3. The van der Waals surface area contributed by atoms with Crippen molar-refractivity contribution < 1.29 is 18.8 Å². The maximum Gasteiger partial charge on any atom is 0.245 e. The highest BCUT2D eigenvalue weighted by Crippen LogP contribution is 2.35. The number of aromatic nitrogens is 2. The Bertz CT molecular complexity index is 1170. The first-order chi connectivity index (χ1) is 14.5. The van der Waals surface area contributed by atoms with E-state index in [1.54, 1.807) is 22.7 Å². The average Bonchev–Trinajstić information content (AvgIpc) is 3.40. The van der Waals surface area contributed by atoms with Gasteiger partial charge >= 0.3 is 0 Å². The summed E-state index contributed by atoms with van der Waals surface area (Å²) in [6.45, 7) is -0.342. The molecule has 0 spiro atoms. The first-order valence-electron chi connectivity index (χ1n) is 9.54. The number of benzene rings is 1. The summed E-state index contributed by atoms with van der Waals surface area (Å²) >= 11 is 1.40. The van der Waals surface area contributed by atoms with Crippen LogP contribution in [0.1, 0.15) is 12.8 Å². The van der Waals surface area contributed by atoms with Gasteiger partial charge in [0.15, 0.2) is 4.96 Å². The molecule has 3 amide bonds. The summed E-state index contributed by atoms with van der Waals surface area (Å²) in [5, 5.41) is 4.63. The van der Waals surface area contributed by atoms with Crippen molar-refractivity contribution in [3.63, 3.8) is 0 Å². The normalized spacial score (nSPS) is 20.8. The second kappa shape index (κ2) is 7.17. The van der Waals surface area contributed by atoms with Crippen LogP contribution in [0.4, 0.5) is 10.2 Å². The van der Waals surface area contributed by atoms with E-state index in [9.17, 15) is 18.8 Å². The Morgan fingerprint density at radius 2 is 1.80 bits per heavy atom. The van der Waals surface area contributed by atoms with Crippen LogP contribution in [-0.4, -0.2) is 38.6 Å². The minimum atomic E-state index is -0.486. The lowest BCUT2D eigenvalue weighted by atomic mass is 9.85. The van der Waals surface area contributed by atoms with Gasteiger partial charge in [-0.2, -0.15) is 0 Å². The van der Waals surface area contributed by atoms with Gasteiger partial charge in [-0.1, -0.05) is 12.2 Å². The lowest BCUT2D eigenvalue weighted by molar-refractivity contribution is -0.142. The van der Waals surface area contributed by atoms with E-state index >= 15 is 0 Å². The number of nitrogens with zero attached hydrogens (tertiary/aromatic N) is 3. The number of allylic oxidation sites excluding steroid dienone is 2. The molecule has 1 aliphatic heterocycles. The van der Waals surface area contributed by atoms with Crippen molar-refractivity contribution in [1.29, 1.82) is 0 Å². The number of hydrogen-bond donors (Lipinski definition) is 1. The van der Waals surface area contributed by atoms with Gasteiger partial charge < -0.3 is 5.32 Å². The van der Waals surface area contributed by atoms with Crippen molar-refractivity contribution in [3.8, 4) is 11.3 Å². The van der Waals surface area contributed by atoms with Crippen LogP contribution >= 0.6 is 11.3 Å². The standard InChI is InChI=1S/C21H17FN4O3S/c22-13-7-5-12(6-8-13)17-18(25-9-10-30-21(25)24-17)23-16(27)11-26-19(28)14-3-1-2-4-15(14)20(26)29/h1-2,5-10,14-15H,3-4,11H2,(H,23,27). The summed E-state index contributed by atoms with van der Waals surface area (Å²) in [6, 6.07) is 5.82. The number of fused-ring (bicyclic) bond motifs is 2. The molecule has 1 aliphatic carbocycles. The van der Waals surface area contributed by atoms with Crippen LogP contribution in [0.2, 0.25) is 0 Å². The highest BCUT2D eigenvalue weighted by Gasteiger charge is 2.47. The van der Waals surface area contributed by atoms with Gasteiger partial charge in [-0.15, -0.1) is 11.3 Å². The quantitative estimate of drug-likeness (QED) is 0.515. The summed E-state index contributed by atoms with van der Waals surface area (Å²) in [5.41, 5.74) is 1.14. The molecule has 0 radical (unpaired) electrons. The van der Waals surface area contributed by atoms with Gasteiger partial charge in [0, 0.05) is 17.1 Å². The molecule has 2 aliphatic rings. The highest BCUT2D eigenvalue weighted by molar-refractivity contribution is 7.15. The topological polar surface area (TPSA) is 83.8 Å². The fourth-order valence-corrected chi connectivity index (χ4v) is 4.77. The Balaban J connectivity index is 1.41. The van der Waals surface area contributed by atoms with Crippen LogP contribution < -0.4 is 5.32 Å². The maximum atomic E-state index is 13.3. The van der Waals surface area contributed by atoms with Crippen molar-refractivity contribution in [2.24, 2.45) is 11.8 Å². The number of nitrogens with one attached hydrogen (secondary N) is 1. The fraction of sp³-hybridized carbons (Fsp3) is 0.238. The molecular formula is C21H17FN4O3S. The number of thiazole rings is 1. The molecule has 3 heterocycles. The molecule has 1 fully saturated rings. The van der Waals surface area contributed by atoms with E-state index in [4.69, 9.17) is 0 Å². The zero-order chi connectivity index (χ0) is 20.8. The van der Waals surface area contributed by atoms with Crippen LogP contribution in [0.25, 0.3) is 16.2 Å². The molecule has 3 aromatic rings. The number of anilines is 1. The number of rotatable bonds is 4. The van der Waals surface area contributed by atoms with E-state index < -0.39 is 5.91 Å². The fourth-order valence-electron chi connectivity index (χ4n) is 4.05. The highest BCUT2D eigenvalue weighted by atomic mass is 32.1. The zero-order valence-electron chi connectivity index (χ0n) is 15.7. The number of hydrogen-bond acceptors (Lipinski definition) is 5. The van der Waals surface area contributed by atoms with Gasteiger partial charge in [-0.3, -0.25) is 23.7 Å². The molecule has 1 aromatic carbocycles. The summed E-state index contributed by atoms with van der Waals surface area (Å²) in [7, 11) is 0. The Kier molecular flexibility index (Phi) is 4.47. The Hall–Kier alpha value is -3.33. The van der Waals surface area contributed by atoms with Crippen LogP contribution in [0, 0.1) is 17.7 Å². The minimum absolute atomic E-state index is 0.294. The third kappa shape index (κ3) is 3.02. The molecule has 7 nitrogen and oxygen atoms in total. The molecule has 1 saturated heterocycles. The first-order valence-corrected chi connectivity index (χ1v) is 10.4. The van der Waals surface area contributed by atoms with E-state index in [-0.39, 0.29) is 36.0 Å². The third-order valence-corrected chi connectivity index (χ3v) is 6.29. The van der Waals surface area contributed by atoms with Crippen LogP contribution in [0.15, 0.2) is 48.0 Å². The molecule has 1 N–H and O–H groups in total. The van der Waals surface area contributed by atoms with Crippen molar-refractivity contribution >= 4 is 39.8 Å². The largest absolute Gasteiger partial charge is 0.308 e. The summed E-state index contributed by atoms with van der Waals surface area (Å²) < 4.78 is 15.0. The van der Waals surface area contributed by atoms with Gasteiger partial charge in [0.05, 0.1) is 11.8 Å². The van der Waals surface area contributed by atoms with Crippen LogP contribution in [0.5, 0.6) is 0 Å². The minimum Gasteiger partial charge on any atom is -0.308 e. The molecule has 2 unspecified atom stereocenters. The predicted octanol–water partition coefficient (Wildman–Crippen LogP) is 3.09. The second-order valence-corrected chi connectivity index (χ2v) is 8.21. The van der Waals surface area contributed by atoms with E-state index in [0.29, 0.717) is 34.9 Å². The number of amides is 3. The number of halogens is 1. The third-order valence-electron chi connectivity index (χ3n) is 5.54. The number of imidazole rings is 1. The van der Waals surface area contributed by atoms with Gasteiger partial charge in [-0.25, -0.2) is 9.37 Å². The monoisotopic (exact) mass is 424 g/mol. The Morgan fingerprint density at radius 3 is 2.47 bits per heavy atom. The maximum absolute atomic E-state index is 13.3. The Labute approximate surface area is 174 Å².